The van der Waals surface area contributed by atoms with Gasteiger partial charge in [-0.2, -0.15) is 0 Å². The minimum Gasteiger partial charge on any atom is -0.465 e. The summed E-state index contributed by atoms with van der Waals surface area (Å²) in [6, 6.07) is 25.2. The second kappa shape index (κ2) is 8.61. The molecule has 0 bridgehead atoms. The maximum absolute atomic E-state index is 12.4. The van der Waals surface area contributed by atoms with E-state index in [1.807, 2.05) is 60.7 Å². The number of esters is 1. The molecule has 0 unspecified atom stereocenters. The Morgan fingerprint density at radius 2 is 1.44 bits per heavy atom. The summed E-state index contributed by atoms with van der Waals surface area (Å²) < 4.78 is 5.00. The highest BCUT2D eigenvalue weighted by Crippen LogP contribution is 2.34. The van der Waals surface area contributed by atoms with Gasteiger partial charge in [-0.3, -0.25) is 4.79 Å². The Balaban J connectivity index is 0.00000280. The molecule has 27 heavy (non-hydrogen) atoms. The van der Waals surface area contributed by atoms with Crippen LogP contribution in [0.3, 0.4) is 0 Å². The molecule has 1 N–H and O–H groups in total. The lowest BCUT2D eigenvalue weighted by atomic mass is 10.1. The first-order valence-corrected chi connectivity index (χ1v) is 9.84. The lowest BCUT2D eigenvalue weighted by Crippen LogP contribution is -2.28. The molecule has 0 spiro atoms. The molecule has 0 aromatic heterocycles. The zero-order valence-electron chi connectivity index (χ0n) is 15.2. The lowest BCUT2D eigenvalue weighted by molar-refractivity contribution is 0.0602. The molecule has 138 valence electrons. The Morgan fingerprint density at radius 1 is 0.889 bits per heavy atom. The Kier molecular flexibility index (Phi) is 6.00. The number of hydrogen-bond donors (Lipinski definition) is 1. The van der Waals surface area contributed by atoms with Crippen LogP contribution in [0.15, 0.2) is 78.9 Å². The Hall–Kier alpha value is -2.97. The predicted molar refractivity (Wildman–Crippen MR) is 112 cm³/mol. The molecule has 3 rings (SSSR count). The van der Waals surface area contributed by atoms with E-state index in [0.717, 1.165) is 15.9 Å². The number of rotatable bonds is 5. The molecule has 3 aromatic carbocycles. The molecule has 3 aromatic rings. The van der Waals surface area contributed by atoms with E-state index in [2.05, 4.69) is 5.32 Å². The van der Waals surface area contributed by atoms with Crippen molar-refractivity contribution >= 4 is 35.7 Å². The van der Waals surface area contributed by atoms with E-state index >= 15 is 0 Å². The van der Waals surface area contributed by atoms with Crippen LogP contribution in [-0.2, 0) is 4.74 Å². The number of ether oxygens (including phenoxy) is 1. The van der Waals surface area contributed by atoms with Gasteiger partial charge in [0.2, 0.25) is 0 Å². The van der Waals surface area contributed by atoms with Gasteiger partial charge in [0.1, 0.15) is 0 Å². The molecule has 0 saturated heterocycles. The van der Waals surface area contributed by atoms with Crippen molar-refractivity contribution in [3.8, 4) is 0 Å². The number of methoxy groups -OCH3 is 1. The van der Waals surface area contributed by atoms with E-state index in [4.69, 9.17) is 4.74 Å². The van der Waals surface area contributed by atoms with Crippen molar-refractivity contribution in [1.82, 2.24) is 5.32 Å². The summed E-state index contributed by atoms with van der Waals surface area (Å²) in [6.45, 7) is 0. The van der Waals surface area contributed by atoms with Crippen molar-refractivity contribution in [2.75, 3.05) is 14.2 Å². The standard InChI is InChI=1S/C22H20NO3P.H2/c1-23-21(24)16-13-14-19(22(25)26-2)20(15-16)27(17-9-5-3-6-10-17)18-11-7-4-8-12-18;/h3-15H,1-2H3,(H,23,24);1H. The first kappa shape index (κ1) is 18.8. The highest BCUT2D eigenvalue weighted by atomic mass is 31.1. The first-order valence-electron chi connectivity index (χ1n) is 8.50. The number of carbonyl (C=O) groups excluding carboxylic acids is 2. The van der Waals surface area contributed by atoms with E-state index in [1.165, 1.54) is 7.11 Å². The number of amides is 1. The predicted octanol–water partition coefficient (Wildman–Crippen LogP) is 2.84. The normalized spacial score (nSPS) is 10.5. The van der Waals surface area contributed by atoms with E-state index in [0.29, 0.717) is 11.1 Å². The van der Waals surface area contributed by atoms with E-state index in [1.54, 1.807) is 25.2 Å². The SMILES string of the molecule is CNC(=O)c1ccc(C(=O)OC)c(P(c2ccccc2)c2ccccc2)c1.[HH]. The van der Waals surface area contributed by atoms with Crippen LogP contribution in [0.2, 0.25) is 0 Å². The Labute approximate surface area is 161 Å². The van der Waals surface area contributed by atoms with Gasteiger partial charge in [-0.1, -0.05) is 60.7 Å². The molecular weight excluding hydrogens is 357 g/mol. The van der Waals surface area contributed by atoms with Gasteiger partial charge < -0.3 is 10.1 Å². The molecule has 0 saturated carbocycles. The average molecular weight is 379 g/mol. The van der Waals surface area contributed by atoms with Crippen LogP contribution < -0.4 is 21.2 Å². The minimum atomic E-state index is -1.03. The molecule has 5 heteroatoms. The van der Waals surface area contributed by atoms with Gasteiger partial charge in [0, 0.05) is 19.3 Å². The molecule has 0 heterocycles. The number of nitrogens with one attached hydrogen (secondary N) is 1. The third kappa shape index (κ3) is 4.07. The van der Waals surface area contributed by atoms with Gasteiger partial charge in [-0.25, -0.2) is 4.79 Å². The fraction of sp³-hybridized carbons (Fsp3) is 0.0909. The van der Waals surface area contributed by atoms with Crippen molar-refractivity contribution in [2.24, 2.45) is 0 Å². The van der Waals surface area contributed by atoms with Crippen LogP contribution >= 0.6 is 7.92 Å². The lowest BCUT2D eigenvalue weighted by Gasteiger charge is -2.22. The second-order valence-electron chi connectivity index (χ2n) is 5.81. The zero-order chi connectivity index (χ0) is 19.2. The molecule has 0 aliphatic rings. The Morgan fingerprint density at radius 3 is 1.93 bits per heavy atom. The smallest absolute Gasteiger partial charge is 0.338 e. The monoisotopic (exact) mass is 379 g/mol. The van der Waals surface area contributed by atoms with Crippen LogP contribution in [0.4, 0.5) is 0 Å². The molecule has 0 aliphatic carbocycles. The summed E-state index contributed by atoms with van der Waals surface area (Å²) in [5, 5.41) is 5.63. The van der Waals surface area contributed by atoms with Gasteiger partial charge in [-0.05, 0) is 36.7 Å². The van der Waals surface area contributed by atoms with Gasteiger partial charge in [0.15, 0.2) is 0 Å². The molecule has 0 fully saturated rings. The molecule has 0 aliphatic heterocycles. The van der Waals surface area contributed by atoms with Gasteiger partial charge >= 0.3 is 5.97 Å². The molecule has 4 nitrogen and oxygen atoms in total. The minimum absolute atomic E-state index is 0. The highest BCUT2D eigenvalue weighted by molar-refractivity contribution is 7.80. The topological polar surface area (TPSA) is 55.4 Å². The largest absolute Gasteiger partial charge is 0.465 e. The van der Waals surface area contributed by atoms with E-state index in [-0.39, 0.29) is 7.33 Å². The summed E-state index contributed by atoms with van der Waals surface area (Å²) in [4.78, 5) is 24.6. The van der Waals surface area contributed by atoms with Crippen molar-refractivity contribution in [1.29, 1.82) is 0 Å². The van der Waals surface area contributed by atoms with Crippen molar-refractivity contribution in [2.45, 2.75) is 0 Å². The van der Waals surface area contributed by atoms with Crippen molar-refractivity contribution in [3.63, 3.8) is 0 Å². The first-order chi connectivity index (χ1) is 13.2. The van der Waals surface area contributed by atoms with E-state index < -0.39 is 13.9 Å². The summed E-state index contributed by atoms with van der Waals surface area (Å²) >= 11 is 0. The molecule has 1 amide bonds. The van der Waals surface area contributed by atoms with E-state index in [9.17, 15) is 9.59 Å². The van der Waals surface area contributed by atoms with Crippen LogP contribution in [0.1, 0.15) is 22.1 Å². The van der Waals surface area contributed by atoms with Gasteiger partial charge in [0.05, 0.1) is 12.7 Å². The van der Waals surface area contributed by atoms with Crippen LogP contribution in [0, 0.1) is 0 Å². The number of carbonyl (C=O) groups is 2. The van der Waals surface area contributed by atoms with Gasteiger partial charge in [-0.15, -0.1) is 0 Å². The maximum Gasteiger partial charge on any atom is 0.338 e. The second-order valence-corrected chi connectivity index (χ2v) is 7.99. The quantitative estimate of drug-likeness (QED) is 0.548. The zero-order valence-corrected chi connectivity index (χ0v) is 16.1. The van der Waals surface area contributed by atoms with Crippen molar-refractivity contribution in [3.05, 3.63) is 90.0 Å². The average Bonchev–Trinajstić information content (AvgIpc) is 2.74. The molecule has 0 radical (unpaired) electrons. The fourth-order valence-corrected chi connectivity index (χ4v) is 5.34. The summed E-state index contributed by atoms with van der Waals surface area (Å²) in [5.74, 6) is -0.600. The Bertz CT molecular complexity index is 909. The number of benzene rings is 3. The molecular formula is C22H22NO3P. The highest BCUT2D eigenvalue weighted by Gasteiger charge is 2.24. The summed E-state index contributed by atoms with van der Waals surface area (Å²) in [6.07, 6.45) is 0. The fourth-order valence-electron chi connectivity index (χ4n) is 2.87. The third-order valence-corrected chi connectivity index (χ3v) is 6.64. The van der Waals surface area contributed by atoms with Gasteiger partial charge in [0.25, 0.3) is 5.91 Å². The molecule has 0 atom stereocenters. The third-order valence-electron chi connectivity index (χ3n) is 4.16. The number of hydrogen-bond acceptors (Lipinski definition) is 3. The van der Waals surface area contributed by atoms with Crippen LogP contribution in [0.5, 0.6) is 0 Å². The summed E-state index contributed by atoms with van der Waals surface area (Å²) in [5.41, 5.74) is 0.989. The summed E-state index contributed by atoms with van der Waals surface area (Å²) in [7, 11) is 1.93. The van der Waals surface area contributed by atoms with Crippen LogP contribution in [-0.4, -0.2) is 26.0 Å². The van der Waals surface area contributed by atoms with Crippen LogP contribution in [0.25, 0.3) is 0 Å². The van der Waals surface area contributed by atoms with Crippen molar-refractivity contribution < 1.29 is 15.8 Å². The maximum atomic E-state index is 12.4.